The number of amides is 2. The number of anilines is 2. The molecule has 0 saturated carbocycles. The van der Waals surface area contributed by atoms with Crippen LogP contribution < -0.4 is 15.5 Å². The van der Waals surface area contributed by atoms with Crippen molar-refractivity contribution in [3.8, 4) is 0 Å². The first-order valence-corrected chi connectivity index (χ1v) is 10.5. The Kier molecular flexibility index (Phi) is 8.11. The molecule has 1 saturated heterocycles. The van der Waals surface area contributed by atoms with Crippen LogP contribution in [0.1, 0.15) is 21.5 Å². The lowest BCUT2D eigenvalue weighted by molar-refractivity contribution is -0.146. The van der Waals surface area contributed by atoms with Gasteiger partial charge in [-0.2, -0.15) is 13.2 Å². The lowest BCUT2D eigenvalue weighted by Crippen LogP contribution is -2.37. The zero-order valence-electron chi connectivity index (χ0n) is 18.4. The third kappa shape index (κ3) is 6.95. The van der Waals surface area contributed by atoms with Crippen LogP contribution in [0.15, 0.2) is 42.5 Å². The first-order chi connectivity index (χ1) is 16.1. The van der Waals surface area contributed by atoms with Gasteiger partial charge >= 0.3 is 12.1 Å². The largest absolute Gasteiger partial charge is 0.454 e. The summed E-state index contributed by atoms with van der Waals surface area (Å²) in [5, 5.41) is 4.77. The highest BCUT2D eigenvalue weighted by Gasteiger charge is 2.32. The molecule has 2 aromatic carbocycles. The molecule has 0 aliphatic carbocycles. The minimum Gasteiger partial charge on any atom is -0.454 e. The van der Waals surface area contributed by atoms with E-state index >= 15 is 0 Å². The maximum Gasteiger partial charge on any atom is 0.416 e. The molecule has 0 bridgehead atoms. The van der Waals surface area contributed by atoms with E-state index in [1.54, 1.807) is 23.1 Å². The van der Waals surface area contributed by atoms with Gasteiger partial charge in [-0.1, -0.05) is 17.7 Å². The second-order valence-electron chi connectivity index (χ2n) is 7.59. The summed E-state index contributed by atoms with van der Waals surface area (Å²) >= 11 is 0. The van der Waals surface area contributed by atoms with E-state index in [4.69, 9.17) is 9.47 Å². The summed E-state index contributed by atoms with van der Waals surface area (Å²) in [6.45, 7) is 2.33. The number of nitrogens with one attached hydrogen (secondary N) is 2. The van der Waals surface area contributed by atoms with Crippen LogP contribution in [0.5, 0.6) is 0 Å². The SMILES string of the molecule is Cc1cccc(C(=O)NCC(=O)OCC(=O)Nc2cc(C(F)(F)F)ccc2N2CCOCC2)c1. The van der Waals surface area contributed by atoms with Gasteiger partial charge in [0.2, 0.25) is 0 Å². The van der Waals surface area contributed by atoms with Crippen molar-refractivity contribution < 1.29 is 37.0 Å². The van der Waals surface area contributed by atoms with Gasteiger partial charge in [0, 0.05) is 18.7 Å². The average molecular weight is 479 g/mol. The van der Waals surface area contributed by atoms with E-state index in [0.29, 0.717) is 37.6 Å². The molecule has 2 aromatic rings. The number of nitrogens with zero attached hydrogens (tertiary/aromatic N) is 1. The lowest BCUT2D eigenvalue weighted by Gasteiger charge is -2.31. The molecule has 0 radical (unpaired) electrons. The van der Waals surface area contributed by atoms with Gasteiger partial charge in [0.25, 0.3) is 11.8 Å². The third-order valence-corrected chi connectivity index (χ3v) is 4.99. The van der Waals surface area contributed by atoms with Gasteiger partial charge in [-0.3, -0.25) is 14.4 Å². The van der Waals surface area contributed by atoms with Crippen molar-refractivity contribution in [2.75, 3.05) is 49.7 Å². The van der Waals surface area contributed by atoms with Crippen molar-refractivity contribution in [3.63, 3.8) is 0 Å². The van der Waals surface area contributed by atoms with Crippen LogP contribution in [0.4, 0.5) is 24.5 Å². The summed E-state index contributed by atoms with van der Waals surface area (Å²) in [5.41, 5.74) is 0.672. The standard InChI is InChI=1S/C23H24F3N3O5/c1-15-3-2-4-16(11-15)22(32)27-13-21(31)34-14-20(30)28-18-12-17(23(24,25)26)5-6-19(18)29-7-9-33-10-8-29/h2-6,11-12H,7-10,13-14H2,1H3,(H,27,32)(H,28,30). The maximum absolute atomic E-state index is 13.2. The molecule has 2 N–H and O–H groups in total. The van der Waals surface area contributed by atoms with E-state index < -0.39 is 42.7 Å². The molecule has 182 valence electrons. The molecular weight excluding hydrogens is 455 g/mol. The number of aryl methyl sites for hydroxylation is 1. The van der Waals surface area contributed by atoms with Gasteiger partial charge in [0.1, 0.15) is 6.54 Å². The molecule has 0 spiro atoms. The second-order valence-corrected chi connectivity index (χ2v) is 7.59. The number of esters is 1. The van der Waals surface area contributed by atoms with Crippen molar-refractivity contribution >= 4 is 29.2 Å². The number of carbonyl (C=O) groups excluding carboxylic acids is 3. The summed E-state index contributed by atoms with van der Waals surface area (Å²) in [5.74, 6) is -2.16. The summed E-state index contributed by atoms with van der Waals surface area (Å²) < 4.78 is 49.6. The Balaban J connectivity index is 1.57. The average Bonchev–Trinajstić information content (AvgIpc) is 2.81. The summed E-state index contributed by atoms with van der Waals surface area (Å²) in [7, 11) is 0. The molecule has 8 nitrogen and oxygen atoms in total. The number of carbonyl (C=O) groups is 3. The predicted octanol–water partition coefficient (Wildman–Crippen LogP) is 2.76. The van der Waals surface area contributed by atoms with Crippen LogP contribution in [-0.2, 0) is 25.2 Å². The van der Waals surface area contributed by atoms with Crippen molar-refractivity contribution in [2.24, 2.45) is 0 Å². The van der Waals surface area contributed by atoms with Crippen LogP contribution in [-0.4, -0.2) is 57.2 Å². The summed E-state index contributed by atoms with van der Waals surface area (Å²) in [4.78, 5) is 38.1. The van der Waals surface area contributed by atoms with Crippen molar-refractivity contribution in [3.05, 3.63) is 59.2 Å². The van der Waals surface area contributed by atoms with Crippen molar-refractivity contribution in [1.29, 1.82) is 0 Å². The van der Waals surface area contributed by atoms with Crippen LogP contribution in [0.3, 0.4) is 0 Å². The predicted molar refractivity (Wildman–Crippen MR) is 118 cm³/mol. The highest BCUT2D eigenvalue weighted by molar-refractivity contribution is 5.97. The minimum atomic E-state index is -4.59. The monoisotopic (exact) mass is 479 g/mol. The van der Waals surface area contributed by atoms with Gasteiger partial charge in [-0.15, -0.1) is 0 Å². The van der Waals surface area contributed by atoms with Gasteiger partial charge < -0.3 is 25.0 Å². The van der Waals surface area contributed by atoms with E-state index in [-0.39, 0.29) is 5.69 Å². The first kappa shape index (κ1) is 25.0. The first-order valence-electron chi connectivity index (χ1n) is 10.5. The zero-order valence-corrected chi connectivity index (χ0v) is 18.4. The number of halogens is 3. The van der Waals surface area contributed by atoms with Crippen LogP contribution >= 0.6 is 0 Å². The third-order valence-electron chi connectivity index (χ3n) is 4.99. The molecule has 0 aromatic heterocycles. The van der Waals surface area contributed by atoms with E-state index in [0.717, 1.165) is 17.7 Å². The van der Waals surface area contributed by atoms with Gasteiger partial charge in [0.15, 0.2) is 6.61 Å². The number of rotatable bonds is 7. The molecule has 11 heteroatoms. The van der Waals surface area contributed by atoms with E-state index in [9.17, 15) is 27.6 Å². The molecule has 2 amide bonds. The Morgan fingerprint density at radius 2 is 1.82 bits per heavy atom. The van der Waals surface area contributed by atoms with Crippen LogP contribution in [0.2, 0.25) is 0 Å². The highest BCUT2D eigenvalue weighted by Crippen LogP contribution is 2.35. The summed E-state index contributed by atoms with van der Waals surface area (Å²) in [6, 6.07) is 9.82. The lowest BCUT2D eigenvalue weighted by atomic mass is 10.1. The Bertz CT molecular complexity index is 1050. The molecular formula is C23H24F3N3O5. The Morgan fingerprint density at radius 1 is 1.09 bits per heavy atom. The van der Waals surface area contributed by atoms with Crippen molar-refractivity contribution in [1.82, 2.24) is 5.32 Å². The zero-order chi connectivity index (χ0) is 24.7. The van der Waals surface area contributed by atoms with E-state index in [1.165, 1.54) is 6.07 Å². The quantitative estimate of drug-likeness (QED) is 0.593. The molecule has 0 unspecified atom stereocenters. The van der Waals surface area contributed by atoms with E-state index in [2.05, 4.69) is 10.6 Å². The fourth-order valence-corrected chi connectivity index (χ4v) is 3.32. The number of hydrogen-bond donors (Lipinski definition) is 2. The van der Waals surface area contributed by atoms with Gasteiger partial charge in [0.05, 0.1) is 30.2 Å². The smallest absolute Gasteiger partial charge is 0.416 e. The molecule has 1 aliphatic heterocycles. The fourth-order valence-electron chi connectivity index (χ4n) is 3.32. The topological polar surface area (TPSA) is 97.0 Å². The van der Waals surface area contributed by atoms with E-state index in [1.807, 2.05) is 13.0 Å². The molecule has 1 aliphatic rings. The van der Waals surface area contributed by atoms with Gasteiger partial charge in [-0.25, -0.2) is 0 Å². The summed E-state index contributed by atoms with van der Waals surface area (Å²) in [6.07, 6.45) is -4.59. The Morgan fingerprint density at radius 3 is 2.50 bits per heavy atom. The van der Waals surface area contributed by atoms with Gasteiger partial charge in [-0.05, 0) is 37.3 Å². The second kappa shape index (κ2) is 11.0. The number of benzene rings is 2. The number of hydrogen-bond acceptors (Lipinski definition) is 6. The normalized spacial score (nSPS) is 13.8. The number of alkyl halides is 3. The molecule has 3 rings (SSSR count). The Labute approximate surface area is 194 Å². The minimum absolute atomic E-state index is 0.0504. The van der Waals surface area contributed by atoms with Crippen molar-refractivity contribution in [2.45, 2.75) is 13.1 Å². The number of ether oxygens (including phenoxy) is 2. The number of morpholine rings is 1. The highest BCUT2D eigenvalue weighted by atomic mass is 19.4. The molecule has 0 atom stereocenters. The molecule has 1 fully saturated rings. The Hall–Kier alpha value is -3.60. The fraction of sp³-hybridized carbons (Fsp3) is 0.348. The van der Waals surface area contributed by atoms with Crippen LogP contribution in [0, 0.1) is 6.92 Å². The molecule has 1 heterocycles. The van der Waals surface area contributed by atoms with Crippen LogP contribution in [0.25, 0.3) is 0 Å². The maximum atomic E-state index is 13.2. The molecule has 34 heavy (non-hydrogen) atoms.